The van der Waals surface area contributed by atoms with Crippen LogP contribution in [0.25, 0.3) is 0 Å². The molecule has 3 N–H and O–H groups in total. The first-order chi connectivity index (χ1) is 7.90. The van der Waals surface area contributed by atoms with Gasteiger partial charge in [-0.1, -0.05) is 48.8 Å². The van der Waals surface area contributed by atoms with Crippen molar-refractivity contribution < 1.29 is 0 Å². The van der Waals surface area contributed by atoms with Crippen molar-refractivity contribution in [2.75, 3.05) is 0 Å². The van der Waals surface area contributed by atoms with E-state index < -0.39 is 0 Å². The lowest BCUT2D eigenvalue weighted by Crippen LogP contribution is -2.37. The highest BCUT2D eigenvalue weighted by molar-refractivity contribution is 9.10. The molecule has 0 aliphatic heterocycles. The highest BCUT2D eigenvalue weighted by Gasteiger charge is 2.14. The van der Waals surface area contributed by atoms with Crippen LogP contribution in [0, 0.1) is 5.41 Å². The fourth-order valence-corrected chi connectivity index (χ4v) is 2.25. The molecule has 1 aromatic carbocycles. The van der Waals surface area contributed by atoms with Crippen molar-refractivity contribution in [1.29, 1.82) is 0 Å². The molecule has 0 aliphatic rings. The molecule has 1 rings (SSSR count). The molecule has 0 aliphatic carbocycles. The largest absolute Gasteiger partial charge is 0.271 e. The van der Waals surface area contributed by atoms with Crippen LogP contribution in [0.3, 0.4) is 0 Å². The van der Waals surface area contributed by atoms with Gasteiger partial charge in [-0.05, 0) is 42.4 Å². The average Bonchev–Trinajstić information content (AvgIpc) is 2.23. The van der Waals surface area contributed by atoms with Gasteiger partial charge in [-0.3, -0.25) is 11.3 Å². The van der Waals surface area contributed by atoms with Crippen molar-refractivity contribution in [2.45, 2.75) is 46.1 Å². The number of rotatable bonds is 5. The third-order valence-electron chi connectivity index (χ3n) is 2.85. The van der Waals surface area contributed by atoms with Gasteiger partial charge in [-0.15, -0.1) is 0 Å². The summed E-state index contributed by atoms with van der Waals surface area (Å²) >= 11 is 3.49. The third kappa shape index (κ3) is 6.20. The minimum atomic E-state index is 0.350. The maximum Gasteiger partial charge on any atom is 0.0251 e. The number of nitrogens with two attached hydrogens (primary N) is 1. The van der Waals surface area contributed by atoms with Gasteiger partial charge in [0.2, 0.25) is 0 Å². The zero-order chi connectivity index (χ0) is 12.9. The SMILES string of the molecule is CC(C)(C)CCC(Cc1cccc(Br)c1)NN. The molecule has 0 bridgehead atoms. The molecular weight excluding hydrogens is 276 g/mol. The second kappa shape index (κ2) is 6.53. The molecule has 0 saturated carbocycles. The van der Waals surface area contributed by atoms with E-state index in [2.05, 4.69) is 60.3 Å². The van der Waals surface area contributed by atoms with Crippen LogP contribution in [-0.2, 0) is 6.42 Å². The van der Waals surface area contributed by atoms with Gasteiger partial charge in [0, 0.05) is 10.5 Å². The summed E-state index contributed by atoms with van der Waals surface area (Å²) in [6, 6.07) is 8.76. The maximum absolute atomic E-state index is 5.63. The van der Waals surface area contributed by atoms with Crippen LogP contribution in [0.15, 0.2) is 28.7 Å². The Labute approximate surface area is 113 Å². The Bertz CT molecular complexity index is 344. The fourth-order valence-electron chi connectivity index (χ4n) is 1.80. The molecule has 1 aromatic rings. The number of halogens is 1. The van der Waals surface area contributed by atoms with E-state index in [-0.39, 0.29) is 0 Å². The number of hydrogen-bond acceptors (Lipinski definition) is 2. The van der Waals surface area contributed by atoms with Crippen LogP contribution in [0.2, 0.25) is 0 Å². The van der Waals surface area contributed by atoms with Crippen LogP contribution in [0.4, 0.5) is 0 Å². The van der Waals surface area contributed by atoms with Crippen molar-refractivity contribution in [3.8, 4) is 0 Å². The van der Waals surface area contributed by atoms with Crippen molar-refractivity contribution in [3.05, 3.63) is 34.3 Å². The monoisotopic (exact) mass is 298 g/mol. The second-order valence-electron chi connectivity index (χ2n) is 5.80. The van der Waals surface area contributed by atoms with Gasteiger partial charge in [0.25, 0.3) is 0 Å². The molecule has 1 atom stereocenters. The molecular formula is C14H23BrN2. The normalized spacial score (nSPS) is 13.7. The summed E-state index contributed by atoms with van der Waals surface area (Å²) in [7, 11) is 0. The molecule has 0 spiro atoms. The Hall–Kier alpha value is -0.380. The van der Waals surface area contributed by atoms with Crippen LogP contribution in [-0.4, -0.2) is 6.04 Å². The quantitative estimate of drug-likeness (QED) is 0.643. The van der Waals surface area contributed by atoms with Crippen molar-refractivity contribution >= 4 is 15.9 Å². The molecule has 0 saturated heterocycles. The Morgan fingerprint density at radius 2 is 2.06 bits per heavy atom. The van der Waals surface area contributed by atoms with Gasteiger partial charge in [-0.2, -0.15) is 0 Å². The molecule has 0 radical (unpaired) electrons. The van der Waals surface area contributed by atoms with Crippen LogP contribution in [0.5, 0.6) is 0 Å². The standard InChI is InChI=1S/C14H23BrN2/c1-14(2,3)8-7-13(17-16)10-11-5-4-6-12(15)9-11/h4-6,9,13,17H,7-8,10,16H2,1-3H3. The van der Waals surface area contributed by atoms with Gasteiger partial charge in [0.1, 0.15) is 0 Å². The van der Waals surface area contributed by atoms with Crippen molar-refractivity contribution in [3.63, 3.8) is 0 Å². The minimum absolute atomic E-state index is 0.350. The Balaban J connectivity index is 2.52. The highest BCUT2D eigenvalue weighted by Crippen LogP contribution is 2.22. The number of hydrogen-bond donors (Lipinski definition) is 2. The highest BCUT2D eigenvalue weighted by atomic mass is 79.9. The molecule has 0 heterocycles. The van der Waals surface area contributed by atoms with Crippen LogP contribution < -0.4 is 11.3 Å². The zero-order valence-corrected chi connectivity index (χ0v) is 12.5. The van der Waals surface area contributed by atoms with E-state index >= 15 is 0 Å². The van der Waals surface area contributed by atoms with Gasteiger partial charge in [0.15, 0.2) is 0 Å². The first-order valence-corrected chi connectivity index (χ1v) is 6.90. The number of benzene rings is 1. The van der Waals surface area contributed by atoms with Gasteiger partial charge in [-0.25, -0.2) is 0 Å². The zero-order valence-electron chi connectivity index (χ0n) is 11.0. The summed E-state index contributed by atoms with van der Waals surface area (Å²) in [4.78, 5) is 0. The predicted molar refractivity (Wildman–Crippen MR) is 77.6 cm³/mol. The lowest BCUT2D eigenvalue weighted by atomic mass is 9.87. The number of hydrazine groups is 1. The third-order valence-corrected chi connectivity index (χ3v) is 3.34. The minimum Gasteiger partial charge on any atom is -0.271 e. The van der Waals surface area contributed by atoms with E-state index in [1.807, 2.05) is 6.07 Å². The van der Waals surface area contributed by atoms with Crippen molar-refractivity contribution in [1.82, 2.24) is 5.43 Å². The van der Waals surface area contributed by atoms with Gasteiger partial charge < -0.3 is 0 Å². The number of nitrogens with one attached hydrogen (secondary N) is 1. The topological polar surface area (TPSA) is 38.0 Å². The van der Waals surface area contributed by atoms with E-state index in [1.54, 1.807) is 0 Å². The molecule has 0 fully saturated rings. The van der Waals surface area contributed by atoms with Crippen LogP contribution >= 0.6 is 15.9 Å². The van der Waals surface area contributed by atoms with Gasteiger partial charge in [0.05, 0.1) is 0 Å². The Kier molecular flexibility index (Phi) is 5.63. The summed E-state index contributed by atoms with van der Waals surface area (Å²) in [5, 5.41) is 0. The van der Waals surface area contributed by atoms with E-state index in [0.717, 1.165) is 17.3 Å². The maximum atomic E-state index is 5.63. The van der Waals surface area contributed by atoms with Crippen LogP contribution in [0.1, 0.15) is 39.2 Å². The van der Waals surface area contributed by atoms with Crippen molar-refractivity contribution in [2.24, 2.45) is 11.3 Å². The van der Waals surface area contributed by atoms with Gasteiger partial charge >= 0.3 is 0 Å². The van der Waals surface area contributed by atoms with E-state index in [9.17, 15) is 0 Å². The Morgan fingerprint density at radius 3 is 2.59 bits per heavy atom. The molecule has 96 valence electrons. The summed E-state index contributed by atoms with van der Waals surface area (Å²) in [6.07, 6.45) is 3.26. The smallest absolute Gasteiger partial charge is 0.0251 e. The van der Waals surface area contributed by atoms with E-state index in [4.69, 9.17) is 5.84 Å². The van der Waals surface area contributed by atoms with E-state index in [0.29, 0.717) is 11.5 Å². The second-order valence-corrected chi connectivity index (χ2v) is 6.71. The summed E-state index contributed by atoms with van der Waals surface area (Å²) in [5.74, 6) is 5.63. The summed E-state index contributed by atoms with van der Waals surface area (Å²) in [6.45, 7) is 6.79. The average molecular weight is 299 g/mol. The lowest BCUT2D eigenvalue weighted by Gasteiger charge is -2.22. The molecule has 3 heteroatoms. The molecule has 1 unspecified atom stereocenters. The van der Waals surface area contributed by atoms with E-state index in [1.165, 1.54) is 12.0 Å². The first-order valence-electron chi connectivity index (χ1n) is 6.11. The predicted octanol–water partition coefficient (Wildman–Crippen LogP) is 3.65. The first kappa shape index (κ1) is 14.7. The molecule has 17 heavy (non-hydrogen) atoms. The molecule has 0 amide bonds. The Morgan fingerprint density at radius 1 is 1.35 bits per heavy atom. The lowest BCUT2D eigenvalue weighted by molar-refractivity contribution is 0.330. The fraction of sp³-hybridized carbons (Fsp3) is 0.571. The summed E-state index contributed by atoms with van der Waals surface area (Å²) in [5.41, 5.74) is 4.61. The molecule has 0 aromatic heterocycles. The summed E-state index contributed by atoms with van der Waals surface area (Å²) < 4.78 is 1.13. The molecule has 2 nitrogen and oxygen atoms in total.